The second-order valence-corrected chi connectivity index (χ2v) is 8.28. The molecule has 2 N–H and O–H groups in total. The van der Waals surface area contributed by atoms with Gasteiger partial charge in [0.15, 0.2) is 0 Å². The Hall–Kier alpha value is -2.69. The van der Waals surface area contributed by atoms with E-state index in [0.29, 0.717) is 13.0 Å². The van der Waals surface area contributed by atoms with Gasteiger partial charge in [-0.25, -0.2) is 0 Å². The molecule has 1 heterocycles. The molecule has 0 radical (unpaired) electrons. The number of benzene rings is 3. The molecular weight excluding hydrogens is 400 g/mol. The number of carbonyl (C=O) groups is 1. The minimum Gasteiger partial charge on any atom is -0.355 e. The molecule has 0 aliphatic carbocycles. The predicted molar refractivity (Wildman–Crippen MR) is 123 cm³/mol. The van der Waals surface area contributed by atoms with Crippen LogP contribution in [0.5, 0.6) is 0 Å². The third-order valence-corrected chi connectivity index (χ3v) is 6.04. The molecule has 5 heteroatoms. The molecule has 0 bridgehead atoms. The highest BCUT2D eigenvalue weighted by Gasteiger charge is 2.13. The van der Waals surface area contributed by atoms with Gasteiger partial charge < -0.3 is 10.3 Å². The van der Waals surface area contributed by atoms with Crippen molar-refractivity contribution in [3.8, 4) is 11.3 Å². The molecule has 0 unspecified atom stereocenters. The second-order valence-electron chi connectivity index (χ2n) is 6.74. The van der Waals surface area contributed by atoms with Gasteiger partial charge in [0, 0.05) is 33.1 Å². The Labute approximate surface area is 179 Å². The Morgan fingerprint density at radius 3 is 2.45 bits per heavy atom. The Kier molecular flexibility index (Phi) is 6.23. The lowest BCUT2D eigenvalue weighted by molar-refractivity contribution is -0.120. The normalized spacial score (nSPS) is 10.9. The SMILES string of the molecule is O=C(Cc1ccccc1)NCCSc1c(-c2ccc(Cl)cc2)[nH]c2ccccc12. The van der Waals surface area contributed by atoms with E-state index in [1.807, 2.05) is 66.7 Å². The summed E-state index contributed by atoms with van der Waals surface area (Å²) < 4.78 is 0. The zero-order valence-electron chi connectivity index (χ0n) is 15.8. The number of hydrogen-bond donors (Lipinski definition) is 2. The number of thioether (sulfide) groups is 1. The number of nitrogens with one attached hydrogen (secondary N) is 2. The summed E-state index contributed by atoms with van der Waals surface area (Å²) in [5, 5.41) is 4.94. The highest BCUT2D eigenvalue weighted by molar-refractivity contribution is 7.99. The number of carbonyl (C=O) groups excluding carboxylic acids is 1. The van der Waals surface area contributed by atoms with Crippen LogP contribution in [0.2, 0.25) is 5.02 Å². The number of para-hydroxylation sites is 1. The smallest absolute Gasteiger partial charge is 0.224 e. The van der Waals surface area contributed by atoms with Crippen LogP contribution in [0.25, 0.3) is 22.2 Å². The van der Waals surface area contributed by atoms with Crippen molar-refractivity contribution in [1.29, 1.82) is 0 Å². The minimum absolute atomic E-state index is 0.0497. The molecule has 0 aliphatic rings. The van der Waals surface area contributed by atoms with Crippen molar-refractivity contribution in [2.24, 2.45) is 0 Å². The largest absolute Gasteiger partial charge is 0.355 e. The van der Waals surface area contributed by atoms with E-state index >= 15 is 0 Å². The number of amides is 1. The van der Waals surface area contributed by atoms with Crippen molar-refractivity contribution in [2.75, 3.05) is 12.3 Å². The van der Waals surface area contributed by atoms with Gasteiger partial charge in [0.25, 0.3) is 0 Å². The highest BCUT2D eigenvalue weighted by atomic mass is 35.5. The summed E-state index contributed by atoms with van der Waals surface area (Å²) in [5.41, 5.74) is 4.32. The average Bonchev–Trinajstić information content (AvgIpc) is 3.11. The van der Waals surface area contributed by atoms with Gasteiger partial charge in [-0.2, -0.15) is 0 Å². The first kappa shape index (κ1) is 19.6. The lowest BCUT2D eigenvalue weighted by Gasteiger charge is -2.07. The van der Waals surface area contributed by atoms with Crippen LogP contribution in [0.1, 0.15) is 5.56 Å². The first-order chi connectivity index (χ1) is 14.2. The Morgan fingerprint density at radius 1 is 0.931 bits per heavy atom. The van der Waals surface area contributed by atoms with Crippen LogP contribution in [-0.4, -0.2) is 23.2 Å². The third-order valence-electron chi connectivity index (χ3n) is 4.67. The molecule has 0 atom stereocenters. The number of rotatable bonds is 7. The van der Waals surface area contributed by atoms with Crippen molar-refractivity contribution in [3.05, 3.63) is 89.4 Å². The molecule has 1 aromatic heterocycles. The summed E-state index contributed by atoms with van der Waals surface area (Å²) in [4.78, 5) is 16.9. The molecule has 3 nitrogen and oxygen atoms in total. The van der Waals surface area contributed by atoms with Crippen molar-refractivity contribution in [2.45, 2.75) is 11.3 Å². The predicted octanol–water partition coefficient (Wildman–Crippen LogP) is 5.94. The average molecular weight is 421 g/mol. The molecule has 0 saturated carbocycles. The van der Waals surface area contributed by atoms with Crippen LogP contribution in [0.15, 0.2) is 83.8 Å². The molecule has 29 heavy (non-hydrogen) atoms. The van der Waals surface area contributed by atoms with E-state index in [0.717, 1.165) is 33.1 Å². The monoisotopic (exact) mass is 420 g/mol. The molecule has 3 aromatic carbocycles. The number of halogens is 1. The van der Waals surface area contributed by atoms with Gasteiger partial charge in [-0.1, -0.05) is 72.3 Å². The summed E-state index contributed by atoms with van der Waals surface area (Å²) in [7, 11) is 0. The van der Waals surface area contributed by atoms with Crippen LogP contribution in [0.3, 0.4) is 0 Å². The lowest BCUT2D eigenvalue weighted by atomic mass is 10.1. The van der Waals surface area contributed by atoms with Crippen molar-refractivity contribution in [1.82, 2.24) is 10.3 Å². The van der Waals surface area contributed by atoms with Crippen LogP contribution >= 0.6 is 23.4 Å². The summed E-state index contributed by atoms with van der Waals surface area (Å²) in [6.45, 7) is 0.621. The third kappa shape index (κ3) is 4.84. The minimum atomic E-state index is 0.0497. The topological polar surface area (TPSA) is 44.9 Å². The summed E-state index contributed by atoms with van der Waals surface area (Å²) in [5.74, 6) is 0.844. The number of aromatic amines is 1. The maximum absolute atomic E-state index is 12.2. The van der Waals surface area contributed by atoms with E-state index < -0.39 is 0 Å². The van der Waals surface area contributed by atoms with Crippen LogP contribution < -0.4 is 5.32 Å². The quantitative estimate of drug-likeness (QED) is 0.287. The molecule has 1 amide bonds. The van der Waals surface area contributed by atoms with E-state index in [2.05, 4.69) is 22.4 Å². The molecule has 0 spiro atoms. The van der Waals surface area contributed by atoms with Gasteiger partial charge in [-0.3, -0.25) is 4.79 Å². The van der Waals surface area contributed by atoms with Gasteiger partial charge in [0.1, 0.15) is 0 Å². The fourth-order valence-electron chi connectivity index (χ4n) is 3.27. The highest BCUT2D eigenvalue weighted by Crippen LogP contribution is 2.37. The Bertz CT molecular complexity index is 1110. The maximum atomic E-state index is 12.2. The summed E-state index contributed by atoms with van der Waals surface area (Å²) in [6.07, 6.45) is 0.411. The lowest BCUT2D eigenvalue weighted by Crippen LogP contribution is -2.27. The fourth-order valence-corrected chi connectivity index (χ4v) is 4.45. The zero-order chi connectivity index (χ0) is 20.1. The fraction of sp³-hybridized carbons (Fsp3) is 0.125. The molecule has 0 saturated heterocycles. The summed E-state index contributed by atoms with van der Waals surface area (Å²) >= 11 is 7.80. The molecule has 4 rings (SSSR count). The van der Waals surface area contributed by atoms with Crippen LogP contribution in [0, 0.1) is 0 Å². The number of hydrogen-bond acceptors (Lipinski definition) is 2. The van der Waals surface area contributed by atoms with Crippen molar-refractivity contribution < 1.29 is 4.79 Å². The van der Waals surface area contributed by atoms with E-state index in [4.69, 9.17) is 11.6 Å². The molecule has 0 aliphatic heterocycles. The number of H-pyrrole nitrogens is 1. The van der Waals surface area contributed by atoms with E-state index in [9.17, 15) is 4.79 Å². The van der Waals surface area contributed by atoms with Crippen LogP contribution in [0.4, 0.5) is 0 Å². The first-order valence-corrected chi connectivity index (χ1v) is 10.9. The van der Waals surface area contributed by atoms with Gasteiger partial charge in [-0.15, -0.1) is 11.8 Å². The summed E-state index contributed by atoms with van der Waals surface area (Å²) in [6, 6.07) is 26.0. The standard InChI is InChI=1S/C24H21ClN2OS/c25-19-12-10-18(11-13-19)23-24(20-8-4-5-9-21(20)27-23)29-15-14-26-22(28)16-17-6-2-1-3-7-17/h1-13,27H,14-16H2,(H,26,28). The maximum Gasteiger partial charge on any atom is 0.224 e. The zero-order valence-corrected chi connectivity index (χ0v) is 17.4. The Morgan fingerprint density at radius 2 is 1.66 bits per heavy atom. The van der Waals surface area contributed by atoms with Gasteiger partial charge in [0.2, 0.25) is 5.91 Å². The van der Waals surface area contributed by atoms with Gasteiger partial charge in [0.05, 0.1) is 12.1 Å². The molecule has 4 aromatic rings. The molecule has 0 fully saturated rings. The first-order valence-electron chi connectivity index (χ1n) is 9.51. The van der Waals surface area contributed by atoms with E-state index in [1.54, 1.807) is 11.8 Å². The number of fused-ring (bicyclic) bond motifs is 1. The Balaban J connectivity index is 1.44. The van der Waals surface area contributed by atoms with Gasteiger partial charge >= 0.3 is 0 Å². The van der Waals surface area contributed by atoms with Crippen molar-refractivity contribution in [3.63, 3.8) is 0 Å². The molecule has 146 valence electrons. The van der Waals surface area contributed by atoms with E-state index in [-0.39, 0.29) is 5.91 Å². The van der Waals surface area contributed by atoms with Crippen molar-refractivity contribution >= 4 is 40.2 Å². The second kappa shape index (κ2) is 9.21. The van der Waals surface area contributed by atoms with Crippen LogP contribution in [-0.2, 0) is 11.2 Å². The van der Waals surface area contributed by atoms with E-state index in [1.165, 1.54) is 10.3 Å². The number of aromatic nitrogens is 1. The molecular formula is C24H21ClN2OS. The van der Waals surface area contributed by atoms with Gasteiger partial charge in [-0.05, 0) is 29.3 Å².